The Hall–Kier alpha value is -4.41. The number of morpholine rings is 1. The smallest absolute Gasteiger partial charge is 0.263 e. The number of ether oxygens (including phenoxy) is 1. The maximum atomic E-state index is 13.3. The van der Waals surface area contributed by atoms with Gasteiger partial charge in [-0.3, -0.25) is 9.52 Å². The number of H-pyrrole nitrogens is 1. The highest BCUT2D eigenvalue weighted by molar-refractivity contribution is 7.92. The van der Waals surface area contributed by atoms with E-state index in [4.69, 9.17) is 32.9 Å². The van der Waals surface area contributed by atoms with Gasteiger partial charge in [-0.25, -0.2) is 13.4 Å². The molecule has 226 valence electrons. The number of fused-ring (bicyclic) bond motifs is 3. The van der Waals surface area contributed by atoms with Crippen molar-refractivity contribution in [2.45, 2.75) is 4.90 Å². The number of sulfonamides is 1. The first-order valence-electron chi connectivity index (χ1n) is 14.2. The highest BCUT2D eigenvalue weighted by Crippen LogP contribution is 2.41. The summed E-state index contributed by atoms with van der Waals surface area (Å²) >= 11 is 12.2. The van der Waals surface area contributed by atoms with Crippen molar-refractivity contribution in [1.82, 2.24) is 14.9 Å². The molecular formula is C34H26Cl2N4O4S. The third kappa shape index (κ3) is 5.64. The zero-order valence-corrected chi connectivity index (χ0v) is 26.1. The number of halogens is 2. The summed E-state index contributed by atoms with van der Waals surface area (Å²) in [6.45, 7) is 2.23. The summed E-state index contributed by atoms with van der Waals surface area (Å²) in [5, 5.41) is 2.00. The number of carbonyl (C=O) groups is 1. The highest BCUT2D eigenvalue weighted by atomic mass is 35.5. The predicted octanol–water partition coefficient (Wildman–Crippen LogP) is 7.63. The third-order valence-electron chi connectivity index (χ3n) is 7.86. The number of hydrogen-bond acceptors (Lipinski definition) is 5. The number of amides is 1. The molecule has 0 unspecified atom stereocenters. The molecule has 0 radical (unpaired) electrons. The Morgan fingerprint density at radius 1 is 0.889 bits per heavy atom. The molecule has 3 heterocycles. The van der Waals surface area contributed by atoms with Gasteiger partial charge in [-0.15, -0.1) is 0 Å². The molecule has 0 aliphatic carbocycles. The van der Waals surface area contributed by atoms with E-state index in [-0.39, 0.29) is 15.8 Å². The van der Waals surface area contributed by atoms with E-state index < -0.39 is 10.0 Å². The van der Waals surface area contributed by atoms with Crippen molar-refractivity contribution in [1.29, 1.82) is 0 Å². The fraction of sp³-hybridized carbons (Fsp3) is 0.118. The zero-order chi connectivity index (χ0) is 31.1. The number of hydrogen-bond donors (Lipinski definition) is 2. The van der Waals surface area contributed by atoms with Gasteiger partial charge in [0.15, 0.2) is 0 Å². The molecule has 4 aromatic carbocycles. The van der Waals surface area contributed by atoms with Crippen LogP contribution in [0, 0.1) is 0 Å². The normalized spacial score (nSPS) is 13.8. The average molecular weight is 658 g/mol. The molecule has 6 aromatic rings. The Kier molecular flexibility index (Phi) is 7.71. The average Bonchev–Trinajstić information content (AvgIpc) is 3.42. The minimum Gasteiger partial charge on any atom is -0.378 e. The second kappa shape index (κ2) is 11.8. The van der Waals surface area contributed by atoms with E-state index in [0.29, 0.717) is 48.2 Å². The van der Waals surface area contributed by atoms with Crippen LogP contribution in [-0.2, 0) is 14.8 Å². The first-order chi connectivity index (χ1) is 21.8. The van der Waals surface area contributed by atoms with Crippen molar-refractivity contribution in [2.75, 3.05) is 31.0 Å². The predicted molar refractivity (Wildman–Crippen MR) is 178 cm³/mol. The number of carbonyl (C=O) groups excluding carboxylic acids is 1. The van der Waals surface area contributed by atoms with Gasteiger partial charge in [-0.05, 0) is 59.7 Å². The van der Waals surface area contributed by atoms with Crippen molar-refractivity contribution >= 4 is 66.8 Å². The second-order valence-corrected chi connectivity index (χ2v) is 13.2. The van der Waals surface area contributed by atoms with Crippen LogP contribution in [0.3, 0.4) is 0 Å². The largest absolute Gasteiger partial charge is 0.378 e. The second-order valence-electron chi connectivity index (χ2n) is 10.7. The Bertz CT molecular complexity index is 2180. The topological polar surface area (TPSA) is 104 Å². The van der Waals surface area contributed by atoms with Crippen molar-refractivity contribution in [3.05, 3.63) is 113 Å². The third-order valence-corrected chi connectivity index (χ3v) is 9.96. The summed E-state index contributed by atoms with van der Waals surface area (Å²) < 4.78 is 34.6. The lowest BCUT2D eigenvalue weighted by molar-refractivity contribution is 0.0303. The molecule has 1 aliphatic heterocycles. The van der Waals surface area contributed by atoms with Crippen molar-refractivity contribution in [3.63, 3.8) is 0 Å². The quantitative estimate of drug-likeness (QED) is 0.192. The lowest BCUT2D eigenvalue weighted by Crippen LogP contribution is -2.40. The summed E-state index contributed by atoms with van der Waals surface area (Å²) in [7, 11) is -4.00. The fourth-order valence-corrected chi connectivity index (χ4v) is 7.51. The van der Waals surface area contributed by atoms with Crippen molar-refractivity contribution in [2.24, 2.45) is 0 Å². The molecule has 2 aromatic heterocycles. The molecule has 45 heavy (non-hydrogen) atoms. The van der Waals surface area contributed by atoms with Crippen molar-refractivity contribution < 1.29 is 17.9 Å². The number of anilines is 1. The zero-order valence-electron chi connectivity index (χ0n) is 23.8. The Morgan fingerprint density at radius 3 is 2.38 bits per heavy atom. The van der Waals surface area contributed by atoms with E-state index in [1.807, 2.05) is 66.9 Å². The minimum atomic E-state index is -4.00. The molecule has 0 saturated carbocycles. The standard InChI is InChI=1S/C34H26Cl2N4O4S/c35-24-10-13-30(28(36)18-24)45(42,43)39-25-11-12-29-26(19-25)32-31(22-4-2-1-3-5-22)27(20-37-33(32)38-29)21-6-8-23(9-7-21)34(41)40-14-16-44-17-15-40/h1-13,18-20,39H,14-17H2,(H,37,38). The Labute approximate surface area is 269 Å². The van der Waals surface area contributed by atoms with Gasteiger partial charge in [0.1, 0.15) is 10.5 Å². The SMILES string of the molecule is O=C(c1ccc(-c2cnc3[nH]c4ccc(NS(=O)(=O)c5ccc(Cl)cc5Cl)cc4c3c2-c2ccccc2)cc1)N1CCOCC1. The molecular weight excluding hydrogens is 631 g/mol. The van der Waals surface area contributed by atoms with Gasteiger partial charge in [-0.1, -0.05) is 65.7 Å². The first kappa shape index (κ1) is 29.3. The van der Waals surface area contributed by atoms with E-state index in [0.717, 1.165) is 38.5 Å². The monoisotopic (exact) mass is 656 g/mol. The van der Waals surface area contributed by atoms with E-state index in [1.165, 1.54) is 18.2 Å². The van der Waals surface area contributed by atoms with Gasteiger partial charge in [0.2, 0.25) is 0 Å². The number of rotatable bonds is 6. The molecule has 2 N–H and O–H groups in total. The summed E-state index contributed by atoms with van der Waals surface area (Å²) in [4.78, 5) is 23.0. The van der Waals surface area contributed by atoms with Gasteiger partial charge in [-0.2, -0.15) is 0 Å². The van der Waals surface area contributed by atoms with Crippen molar-refractivity contribution in [3.8, 4) is 22.3 Å². The molecule has 8 nitrogen and oxygen atoms in total. The maximum Gasteiger partial charge on any atom is 0.263 e. The van der Waals surface area contributed by atoms with Crippen LogP contribution in [0.1, 0.15) is 10.4 Å². The summed E-state index contributed by atoms with van der Waals surface area (Å²) in [5.41, 5.74) is 6.10. The van der Waals surface area contributed by atoms with E-state index >= 15 is 0 Å². The number of aromatic nitrogens is 2. The van der Waals surface area contributed by atoms with E-state index in [1.54, 1.807) is 17.0 Å². The molecule has 0 atom stereocenters. The van der Waals surface area contributed by atoms with Crippen LogP contribution in [0.2, 0.25) is 10.0 Å². The molecule has 0 spiro atoms. The number of nitrogens with one attached hydrogen (secondary N) is 2. The molecule has 0 bridgehead atoms. The minimum absolute atomic E-state index is 0.0202. The molecule has 1 amide bonds. The van der Waals surface area contributed by atoms with E-state index in [2.05, 4.69) is 9.71 Å². The van der Waals surface area contributed by atoms with Crippen LogP contribution in [-0.4, -0.2) is 55.5 Å². The van der Waals surface area contributed by atoms with E-state index in [9.17, 15) is 13.2 Å². The number of nitrogens with zero attached hydrogens (tertiary/aromatic N) is 2. The van der Waals surface area contributed by atoms with Crippen LogP contribution in [0.25, 0.3) is 44.2 Å². The van der Waals surface area contributed by atoms with Crippen LogP contribution in [0.15, 0.2) is 102 Å². The molecule has 1 aliphatic rings. The first-order valence-corrected chi connectivity index (χ1v) is 16.5. The number of benzene rings is 4. The maximum absolute atomic E-state index is 13.3. The van der Waals surface area contributed by atoms with Crippen LogP contribution in [0.4, 0.5) is 5.69 Å². The van der Waals surface area contributed by atoms with Gasteiger partial charge in [0.25, 0.3) is 15.9 Å². The number of aromatic amines is 1. The van der Waals surface area contributed by atoms with Crippen LogP contribution in [0.5, 0.6) is 0 Å². The highest BCUT2D eigenvalue weighted by Gasteiger charge is 2.22. The molecule has 1 fully saturated rings. The Balaban J connectivity index is 1.34. The van der Waals surface area contributed by atoms with Gasteiger partial charge in [0.05, 0.1) is 18.2 Å². The van der Waals surface area contributed by atoms with Gasteiger partial charge >= 0.3 is 0 Å². The van der Waals surface area contributed by atoms with Gasteiger partial charge < -0.3 is 14.6 Å². The Morgan fingerprint density at radius 2 is 1.64 bits per heavy atom. The summed E-state index contributed by atoms with van der Waals surface area (Å²) in [6.07, 6.45) is 1.82. The van der Waals surface area contributed by atoms with Crippen LogP contribution < -0.4 is 4.72 Å². The van der Waals surface area contributed by atoms with Crippen LogP contribution >= 0.6 is 23.2 Å². The summed E-state index contributed by atoms with van der Waals surface area (Å²) in [5.74, 6) is -0.0202. The fourth-order valence-electron chi connectivity index (χ4n) is 5.69. The van der Waals surface area contributed by atoms with Gasteiger partial charge in [0, 0.05) is 63.0 Å². The molecule has 7 rings (SSSR count). The molecule has 11 heteroatoms. The summed E-state index contributed by atoms with van der Waals surface area (Å²) in [6, 6.07) is 27.1. The molecule has 1 saturated heterocycles. The lowest BCUT2D eigenvalue weighted by atomic mass is 9.92. The lowest BCUT2D eigenvalue weighted by Gasteiger charge is -2.26. The number of pyridine rings is 1.